The summed E-state index contributed by atoms with van der Waals surface area (Å²) in [7, 11) is -3.52. The first-order valence-corrected chi connectivity index (χ1v) is 10.4. The Hall–Kier alpha value is -0.670. The van der Waals surface area contributed by atoms with Crippen LogP contribution in [0.5, 0.6) is 0 Å². The smallest absolute Gasteiger partial charge is 0.252 e. The summed E-state index contributed by atoms with van der Waals surface area (Å²) < 4.78 is 27.5. The van der Waals surface area contributed by atoms with Gasteiger partial charge in [-0.05, 0) is 31.5 Å². The maximum atomic E-state index is 12.7. The normalized spacial score (nSPS) is 23.9. The Morgan fingerprint density at radius 2 is 2.09 bits per heavy atom. The van der Waals surface area contributed by atoms with Crippen LogP contribution >= 0.6 is 22.9 Å². The lowest BCUT2D eigenvalue weighted by Gasteiger charge is -2.24. The maximum Gasteiger partial charge on any atom is 0.252 e. The minimum absolute atomic E-state index is 0.0364. The molecular formula is C14H20ClN3O3S2. The molecule has 2 aliphatic rings. The Morgan fingerprint density at radius 3 is 2.74 bits per heavy atom. The van der Waals surface area contributed by atoms with Crippen molar-refractivity contribution in [3.05, 3.63) is 16.5 Å². The van der Waals surface area contributed by atoms with Crippen LogP contribution < -0.4 is 5.32 Å². The number of sulfonamides is 1. The minimum Gasteiger partial charge on any atom is -0.341 e. The first kappa shape index (κ1) is 17.2. The van der Waals surface area contributed by atoms with Gasteiger partial charge in [0.15, 0.2) is 0 Å². The molecule has 3 rings (SSSR count). The van der Waals surface area contributed by atoms with E-state index >= 15 is 0 Å². The lowest BCUT2D eigenvalue weighted by Crippen LogP contribution is -2.40. The van der Waals surface area contributed by atoms with Crippen LogP contribution in [0.25, 0.3) is 0 Å². The molecule has 2 saturated heterocycles. The molecule has 1 amide bonds. The average Bonchev–Trinajstić information content (AvgIpc) is 3.13. The van der Waals surface area contributed by atoms with Crippen LogP contribution in [-0.2, 0) is 14.8 Å². The van der Waals surface area contributed by atoms with E-state index in [1.54, 1.807) is 12.1 Å². The van der Waals surface area contributed by atoms with Crippen molar-refractivity contribution in [2.45, 2.75) is 17.1 Å². The molecule has 0 spiro atoms. The molecule has 0 saturated carbocycles. The van der Waals surface area contributed by atoms with Crippen LogP contribution in [0.3, 0.4) is 0 Å². The van der Waals surface area contributed by atoms with Gasteiger partial charge in [-0.15, -0.1) is 11.3 Å². The highest BCUT2D eigenvalue weighted by atomic mass is 35.5. The molecule has 0 aliphatic carbocycles. The number of hydrogen-bond acceptors (Lipinski definition) is 5. The molecule has 0 radical (unpaired) electrons. The number of hydrogen-bond donors (Lipinski definition) is 1. The van der Waals surface area contributed by atoms with Crippen LogP contribution in [0, 0.1) is 5.92 Å². The van der Waals surface area contributed by atoms with Gasteiger partial charge in [0.1, 0.15) is 4.21 Å². The van der Waals surface area contributed by atoms with E-state index in [0.717, 1.165) is 30.8 Å². The van der Waals surface area contributed by atoms with E-state index in [2.05, 4.69) is 5.32 Å². The molecule has 1 atom stereocenters. The largest absolute Gasteiger partial charge is 0.341 e. The fourth-order valence-electron chi connectivity index (χ4n) is 3.04. The summed E-state index contributed by atoms with van der Waals surface area (Å²) in [5.41, 5.74) is 0. The molecule has 1 aromatic rings. The zero-order valence-corrected chi connectivity index (χ0v) is 15.1. The molecule has 3 heterocycles. The van der Waals surface area contributed by atoms with E-state index < -0.39 is 10.0 Å². The predicted octanol–water partition coefficient (Wildman–Crippen LogP) is 1.23. The fraction of sp³-hybridized carbons (Fsp3) is 0.643. The fourth-order valence-corrected chi connectivity index (χ4v) is 6.15. The molecule has 1 N–H and O–H groups in total. The van der Waals surface area contributed by atoms with Gasteiger partial charge in [0.2, 0.25) is 5.91 Å². The molecule has 128 valence electrons. The third-order valence-electron chi connectivity index (χ3n) is 4.32. The third kappa shape index (κ3) is 3.71. The zero-order valence-electron chi connectivity index (χ0n) is 12.7. The first-order valence-electron chi connectivity index (χ1n) is 7.73. The molecule has 9 heteroatoms. The van der Waals surface area contributed by atoms with Crippen molar-refractivity contribution in [1.29, 1.82) is 0 Å². The molecule has 2 aliphatic heterocycles. The molecule has 1 unspecified atom stereocenters. The SMILES string of the molecule is O=C(C1CCNC1)N1CCCN(S(=O)(=O)c2ccc(Cl)s2)CC1. The topological polar surface area (TPSA) is 69.7 Å². The van der Waals surface area contributed by atoms with E-state index in [0.29, 0.717) is 36.9 Å². The van der Waals surface area contributed by atoms with Gasteiger partial charge < -0.3 is 10.2 Å². The number of halogens is 1. The lowest BCUT2D eigenvalue weighted by molar-refractivity contribution is -0.134. The Kier molecular flexibility index (Phi) is 5.27. The van der Waals surface area contributed by atoms with Crippen molar-refractivity contribution in [2.24, 2.45) is 5.92 Å². The summed E-state index contributed by atoms with van der Waals surface area (Å²) in [6.45, 7) is 3.45. The van der Waals surface area contributed by atoms with Gasteiger partial charge in [-0.2, -0.15) is 4.31 Å². The highest BCUT2D eigenvalue weighted by Gasteiger charge is 2.32. The average molecular weight is 378 g/mol. The Labute approximate surface area is 145 Å². The van der Waals surface area contributed by atoms with Crippen LogP contribution in [0.2, 0.25) is 4.34 Å². The second-order valence-electron chi connectivity index (χ2n) is 5.83. The Morgan fingerprint density at radius 1 is 1.26 bits per heavy atom. The number of thiophene rings is 1. The quantitative estimate of drug-likeness (QED) is 0.860. The molecule has 23 heavy (non-hydrogen) atoms. The van der Waals surface area contributed by atoms with Crippen molar-refractivity contribution in [1.82, 2.24) is 14.5 Å². The van der Waals surface area contributed by atoms with Crippen LogP contribution in [0.4, 0.5) is 0 Å². The second-order valence-corrected chi connectivity index (χ2v) is 9.71. The van der Waals surface area contributed by atoms with Crippen molar-refractivity contribution >= 4 is 38.9 Å². The van der Waals surface area contributed by atoms with E-state index in [9.17, 15) is 13.2 Å². The van der Waals surface area contributed by atoms with Gasteiger partial charge in [0.25, 0.3) is 10.0 Å². The highest BCUT2D eigenvalue weighted by molar-refractivity contribution is 7.91. The van der Waals surface area contributed by atoms with Gasteiger partial charge in [-0.1, -0.05) is 11.6 Å². The number of nitrogens with one attached hydrogen (secondary N) is 1. The Balaban J connectivity index is 1.67. The molecule has 1 aromatic heterocycles. The van der Waals surface area contributed by atoms with E-state index in [1.165, 1.54) is 4.31 Å². The number of carbonyl (C=O) groups is 1. The summed E-state index contributed by atoms with van der Waals surface area (Å²) >= 11 is 6.92. The van der Waals surface area contributed by atoms with Crippen LogP contribution in [0.1, 0.15) is 12.8 Å². The standard InChI is InChI=1S/C14H20ClN3O3S2/c15-12-2-3-13(22-12)23(20,21)18-7-1-6-17(8-9-18)14(19)11-4-5-16-10-11/h2-3,11,16H,1,4-10H2. The summed E-state index contributed by atoms with van der Waals surface area (Å²) in [5, 5.41) is 3.20. The van der Waals surface area contributed by atoms with E-state index in [4.69, 9.17) is 11.6 Å². The van der Waals surface area contributed by atoms with E-state index in [1.807, 2.05) is 4.90 Å². The molecule has 6 nitrogen and oxygen atoms in total. The van der Waals surface area contributed by atoms with Gasteiger partial charge in [0.05, 0.1) is 10.3 Å². The van der Waals surface area contributed by atoms with Gasteiger partial charge in [-0.25, -0.2) is 8.42 Å². The predicted molar refractivity (Wildman–Crippen MR) is 90.3 cm³/mol. The summed E-state index contributed by atoms with van der Waals surface area (Å²) in [6, 6.07) is 3.14. The van der Waals surface area contributed by atoms with Crippen molar-refractivity contribution in [2.75, 3.05) is 39.3 Å². The van der Waals surface area contributed by atoms with Gasteiger partial charge >= 0.3 is 0 Å². The number of nitrogens with zero attached hydrogens (tertiary/aromatic N) is 2. The number of amides is 1. The molecule has 0 aromatic carbocycles. The summed E-state index contributed by atoms with van der Waals surface area (Å²) in [5.74, 6) is 0.183. The first-order chi connectivity index (χ1) is 11.0. The van der Waals surface area contributed by atoms with Crippen LogP contribution in [0.15, 0.2) is 16.3 Å². The zero-order chi connectivity index (χ0) is 16.4. The minimum atomic E-state index is -3.52. The monoisotopic (exact) mass is 377 g/mol. The molecule has 0 bridgehead atoms. The summed E-state index contributed by atoms with van der Waals surface area (Å²) in [4.78, 5) is 14.3. The maximum absolute atomic E-state index is 12.7. The summed E-state index contributed by atoms with van der Waals surface area (Å²) in [6.07, 6.45) is 1.52. The van der Waals surface area contributed by atoms with Crippen molar-refractivity contribution < 1.29 is 13.2 Å². The highest BCUT2D eigenvalue weighted by Crippen LogP contribution is 2.28. The third-order valence-corrected chi connectivity index (χ3v) is 7.92. The Bertz CT molecular complexity index is 671. The second kappa shape index (κ2) is 7.06. The van der Waals surface area contributed by atoms with Crippen molar-refractivity contribution in [3.8, 4) is 0 Å². The number of carbonyl (C=O) groups excluding carboxylic acids is 1. The van der Waals surface area contributed by atoms with E-state index in [-0.39, 0.29) is 16.0 Å². The molecular weight excluding hydrogens is 358 g/mol. The van der Waals surface area contributed by atoms with Gasteiger partial charge in [0, 0.05) is 32.7 Å². The van der Waals surface area contributed by atoms with Gasteiger partial charge in [-0.3, -0.25) is 4.79 Å². The van der Waals surface area contributed by atoms with Crippen molar-refractivity contribution in [3.63, 3.8) is 0 Å². The molecule has 2 fully saturated rings. The van der Waals surface area contributed by atoms with Crippen LogP contribution in [-0.4, -0.2) is 62.8 Å². The lowest BCUT2D eigenvalue weighted by atomic mass is 10.1. The number of rotatable bonds is 3.